The molecule has 0 heterocycles. The van der Waals surface area contributed by atoms with Crippen LogP contribution in [0, 0.1) is 10.1 Å². The number of hydrazine groups is 1. The number of carbonyl (C=O) groups excluding carboxylic acids is 1. The van der Waals surface area contributed by atoms with Gasteiger partial charge in [0, 0.05) is 12.1 Å². The third-order valence-electron chi connectivity index (χ3n) is 2.62. The SMILES string of the molecule is CCOC(=O)NNc1ccc2ccc([N+](=O)[O-])cc2c1. The summed E-state index contributed by atoms with van der Waals surface area (Å²) in [5.41, 5.74) is 5.66. The number of fused-ring (bicyclic) bond motifs is 1. The lowest BCUT2D eigenvalue weighted by molar-refractivity contribution is -0.384. The Balaban J connectivity index is 2.19. The van der Waals surface area contributed by atoms with Crippen LogP contribution in [-0.2, 0) is 4.74 Å². The smallest absolute Gasteiger partial charge is 0.425 e. The van der Waals surface area contributed by atoms with E-state index in [1.807, 2.05) is 0 Å². The Morgan fingerprint density at radius 1 is 1.25 bits per heavy atom. The third kappa shape index (κ3) is 3.14. The number of hydrogen-bond donors (Lipinski definition) is 2. The summed E-state index contributed by atoms with van der Waals surface area (Å²) in [6.07, 6.45) is -0.591. The summed E-state index contributed by atoms with van der Waals surface area (Å²) in [5, 5.41) is 12.3. The second kappa shape index (κ2) is 5.87. The first kappa shape index (κ1) is 13.6. The van der Waals surface area contributed by atoms with Gasteiger partial charge in [0.2, 0.25) is 0 Å². The van der Waals surface area contributed by atoms with Gasteiger partial charge >= 0.3 is 6.09 Å². The van der Waals surface area contributed by atoms with Gasteiger partial charge in [-0.3, -0.25) is 15.5 Å². The second-order valence-corrected chi connectivity index (χ2v) is 3.97. The molecule has 2 N–H and O–H groups in total. The highest BCUT2D eigenvalue weighted by Gasteiger charge is 2.06. The van der Waals surface area contributed by atoms with Crippen molar-refractivity contribution in [3.8, 4) is 0 Å². The van der Waals surface area contributed by atoms with Gasteiger partial charge in [-0.15, -0.1) is 0 Å². The van der Waals surface area contributed by atoms with E-state index >= 15 is 0 Å². The summed E-state index contributed by atoms with van der Waals surface area (Å²) in [5.74, 6) is 0. The number of rotatable bonds is 4. The normalized spacial score (nSPS) is 10.1. The molecule has 0 atom stereocenters. The molecule has 0 saturated carbocycles. The zero-order valence-corrected chi connectivity index (χ0v) is 10.8. The molecule has 104 valence electrons. The van der Waals surface area contributed by atoms with E-state index in [0.29, 0.717) is 11.1 Å². The zero-order valence-electron chi connectivity index (χ0n) is 10.8. The number of nitrogens with zero attached hydrogens (tertiary/aromatic N) is 1. The summed E-state index contributed by atoms with van der Waals surface area (Å²) in [6, 6.07) is 9.86. The molecular formula is C13H13N3O4. The number of anilines is 1. The van der Waals surface area contributed by atoms with Crippen molar-refractivity contribution in [1.29, 1.82) is 0 Å². The minimum Gasteiger partial charge on any atom is -0.449 e. The van der Waals surface area contributed by atoms with Crippen molar-refractivity contribution in [2.75, 3.05) is 12.0 Å². The maximum absolute atomic E-state index is 11.1. The fourth-order valence-electron chi connectivity index (χ4n) is 1.72. The molecule has 0 unspecified atom stereocenters. The van der Waals surface area contributed by atoms with E-state index in [1.165, 1.54) is 12.1 Å². The van der Waals surface area contributed by atoms with E-state index in [1.54, 1.807) is 31.2 Å². The largest absolute Gasteiger partial charge is 0.449 e. The number of carbonyl (C=O) groups is 1. The number of nitro benzene ring substituents is 1. The van der Waals surface area contributed by atoms with Crippen molar-refractivity contribution >= 4 is 28.2 Å². The van der Waals surface area contributed by atoms with Crippen LogP contribution in [-0.4, -0.2) is 17.6 Å². The van der Waals surface area contributed by atoms with E-state index in [4.69, 9.17) is 4.74 Å². The summed E-state index contributed by atoms with van der Waals surface area (Å²) < 4.78 is 4.70. The van der Waals surface area contributed by atoms with Crippen molar-refractivity contribution in [3.05, 3.63) is 46.5 Å². The van der Waals surface area contributed by atoms with Gasteiger partial charge in [0.05, 0.1) is 17.2 Å². The molecule has 1 amide bonds. The summed E-state index contributed by atoms with van der Waals surface area (Å²) in [7, 11) is 0. The molecule has 0 radical (unpaired) electrons. The fourth-order valence-corrected chi connectivity index (χ4v) is 1.72. The number of amides is 1. The Labute approximate surface area is 114 Å². The highest BCUT2D eigenvalue weighted by atomic mass is 16.6. The zero-order chi connectivity index (χ0) is 14.5. The molecule has 7 heteroatoms. The van der Waals surface area contributed by atoms with Crippen molar-refractivity contribution in [2.45, 2.75) is 6.92 Å². The van der Waals surface area contributed by atoms with Crippen LogP contribution in [0.2, 0.25) is 0 Å². The lowest BCUT2D eigenvalue weighted by atomic mass is 10.1. The Morgan fingerprint density at radius 3 is 2.70 bits per heavy atom. The molecule has 0 saturated heterocycles. The Morgan fingerprint density at radius 2 is 2.00 bits per heavy atom. The van der Waals surface area contributed by atoms with Crippen LogP contribution in [0.5, 0.6) is 0 Å². The van der Waals surface area contributed by atoms with Crippen LogP contribution in [0.4, 0.5) is 16.2 Å². The molecule has 0 aromatic heterocycles. The minimum absolute atomic E-state index is 0.0213. The Bertz CT molecular complexity index is 657. The van der Waals surface area contributed by atoms with Gasteiger partial charge in [-0.25, -0.2) is 10.2 Å². The van der Waals surface area contributed by atoms with E-state index in [9.17, 15) is 14.9 Å². The standard InChI is InChI=1S/C13H13N3O4/c1-2-20-13(17)15-14-11-5-3-9-4-6-12(16(18)19)8-10(9)7-11/h3-8,14H,2H2,1H3,(H,15,17). The van der Waals surface area contributed by atoms with Gasteiger partial charge in [0.1, 0.15) is 0 Å². The van der Waals surface area contributed by atoms with E-state index < -0.39 is 11.0 Å². The van der Waals surface area contributed by atoms with E-state index in [2.05, 4.69) is 10.9 Å². The maximum atomic E-state index is 11.1. The van der Waals surface area contributed by atoms with Crippen LogP contribution in [0.3, 0.4) is 0 Å². The molecule has 0 aliphatic rings. The molecule has 7 nitrogen and oxygen atoms in total. The quantitative estimate of drug-likeness (QED) is 0.661. The first-order valence-corrected chi connectivity index (χ1v) is 5.97. The average Bonchev–Trinajstić information content (AvgIpc) is 2.44. The molecule has 2 rings (SSSR count). The molecule has 0 spiro atoms. The summed E-state index contributed by atoms with van der Waals surface area (Å²) in [6.45, 7) is 1.98. The minimum atomic E-state index is -0.591. The Hall–Kier alpha value is -2.83. The van der Waals surface area contributed by atoms with Gasteiger partial charge in [-0.1, -0.05) is 6.07 Å². The van der Waals surface area contributed by atoms with Crippen LogP contribution in [0.15, 0.2) is 36.4 Å². The molecule has 2 aromatic carbocycles. The number of non-ortho nitro benzene ring substituents is 1. The monoisotopic (exact) mass is 275 g/mol. The van der Waals surface area contributed by atoms with Gasteiger partial charge in [0.25, 0.3) is 5.69 Å². The maximum Gasteiger partial charge on any atom is 0.425 e. The van der Waals surface area contributed by atoms with Crippen molar-refractivity contribution in [1.82, 2.24) is 5.43 Å². The fraction of sp³-hybridized carbons (Fsp3) is 0.154. The number of nitrogens with one attached hydrogen (secondary N) is 2. The van der Waals surface area contributed by atoms with Crippen LogP contribution < -0.4 is 10.9 Å². The lowest BCUT2D eigenvalue weighted by Crippen LogP contribution is -2.29. The van der Waals surface area contributed by atoms with E-state index in [-0.39, 0.29) is 12.3 Å². The first-order valence-electron chi connectivity index (χ1n) is 5.97. The van der Waals surface area contributed by atoms with Gasteiger partial charge in [-0.2, -0.15) is 0 Å². The molecule has 0 bridgehead atoms. The summed E-state index contributed by atoms with van der Waals surface area (Å²) in [4.78, 5) is 21.4. The molecule has 0 aliphatic heterocycles. The highest BCUT2D eigenvalue weighted by molar-refractivity contribution is 5.87. The molecule has 0 aliphatic carbocycles. The lowest BCUT2D eigenvalue weighted by Gasteiger charge is -2.09. The predicted octanol–water partition coefficient (Wildman–Crippen LogP) is 2.82. The van der Waals surface area contributed by atoms with Gasteiger partial charge in [0.15, 0.2) is 0 Å². The van der Waals surface area contributed by atoms with Crippen molar-refractivity contribution in [2.24, 2.45) is 0 Å². The van der Waals surface area contributed by atoms with Crippen LogP contribution in [0.1, 0.15) is 6.92 Å². The third-order valence-corrected chi connectivity index (χ3v) is 2.62. The highest BCUT2D eigenvalue weighted by Crippen LogP contribution is 2.23. The number of benzene rings is 2. The van der Waals surface area contributed by atoms with E-state index in [0.717, 1.165) is 5.39 Å². The topological polar surface area (TPSA) is 93.5 Å². The molecule has 20 heavy (non-hydrogen) atoms. The number of ether oxygens (including phenoxy) is 1. The van der Waals surface area contributed by atoms with Gasteiger partial charge < -0.3 is 4.74 Å². The van der Waals surface area contributed by atoms with Crippen LogP contribution >= 0.6 is 0 Å². The molecule has 0 fully saturated rings. The van der Waals surface area contributed by atoms with Crippen molar-refractivity contribution in [3.63, 3.8) is 0 Å². The average molecular weight is 275 g/mol. The molecule has 2 aromatic rings. The van der Waals surface area contributed by atoms with Crippen LogP contribution in [0.25, 0.3) is 10.8 Å². The molecular weight excluding hydrogens is 262 g/mol. The number of nitro groups is 1. The van der Waals surface area contributed by atoms with Crippen molar-refractivity contribution < 1.29 is 14.5 Å². The predicted molar refractivity (Wildman–Crippen MR) is 74.4 cm³/mol. The first-order chi connectivity index (χ1) is 9.60. The summed E-state index contributed by atoms with van der Waals surface area (Å²) >= 11 is 0. The number of hydrogen-bond acceptors (Lipinski definition) is 5. The Kier molecular flexibility index (Phi) is 3.99. The van der Waals surface area contributed by atoms with Gasteiger partial charge in [-0.05, 0) is 35.9 Å². The second-order valence-electron chi connectivity index (χ2n) is 3.97.